The maximum Gasteiger partial charge on any atom is 0.253 e. The molecule has 0 atom stereocenters. The lowest BCUT2D eigenvalue weighted by atomic mass is 10.1. The van der Waals surface area contributed by atoms with Crippen LogP contribution in [0.5, 0.6) is 0 Å². The molecule has 3 aromatic rings. The van der Waals surface area contributed by atoms with E-state index in [1.54, 1.807) is 16.6 Å². The van der Waals surface area contributed by atoms with E-state index in [0.717, 1.165) is 22.5 Å². The Morgan fingerprint density at radius 2 is 2.04 bits per heavy atom. The first kappa shape index (κ1) is 17.7. The number of nitrogens with zero attached hydrogens (tertiary/aromatic N) is 4. The van der Waals surface area contributed by atoms with Crippen LogP contribution in [0.1, 0.15) is 22.5 Å². The van der Waals surface area contributed by atoms with Crippen molar-refractivity contribution in [1.82, 2.24) is 19.6 Å². The molecule has 0 fully saturated rings. The second-order valence-corrected chi connectivity index (χ2v) is 6.97. The van der Waals surface area contributed by atoms with Crippen LogP contribution in [0.4, 0.5) is 5.69 Å². The number of thioether (sulfide) groups is 1. The van der Waals surface area contributed by atoms with Gasteiger partial charge in [-0.2, -0.15) is 4.98 Å². The summed E-state index contributed by atoms with van der Waals surface area (Å²) in [6, 6.07) is 5.42. The van der Waals surface area contributed by atoms with Crippen LogP contribution in [0.15, 0.2) is 23.4 Å². The smallest absolute Gasteiger partial charge is 0.253 e. The highest BCUT2D eigenvalue weighted by molar-refractivity contribution is 7.98. The van der Waals surface area contributed by atoms with E-state index in [2.05, 4.69) is 20.4 Å². The molecule has 0 saturated heterocycles. The molecule has 0 aliphatic rings. The summed E-state index contributed by atoms with van der Waals surface area (Å²) in [4.78, 5) is 21.3. The number of hydrogen-bond acceptors (Lipinski definition) is 5. The van der Waals surface area contributed by atoms with E-state index in [9.17, 15) is 4.79 Å². The van der Waals surface area contributed by atoms with Crippen LogP contribution in [0.2, 0.25) is 5.02 Å². The minimum Gasteiger partial charge on any atom is -0.326 e. The molecule has 0 aliphatic heterocycles. The Morgan fingerprint density at radius 3 is 2.76 bits per heavy atom. The summed E-state index contributed by atoms with van der Waals surface area (Å²) >= 11 is 7.47. The molecule has 1 amide bonds. The zero-order chi connectivity index (χ0) is 18.1. The Labute approximate surface area is 155 Å². The van der Waals surface area contributed by atoms with Crippen LogP contribution < -0.4 is 5.32 Å². The maximum absolute atomic E-state index is 12.5. The van der Waals surface area contributed by atoms with E-state index in [1.165, 1.54) is 11.8 Å². The number of halogens is 1. The number of benzene rings is 1. The van der Waals surface area contributed by atoms with E-state index in [1.807, 2.05) is 33.1 Å². The highest BCUT2D eigenvalue weighted by Gasteiger charge is 2.16. The van der Waals surface area contributed by atoms with Gasteiger partial charge in [-0.05, 0) is 44.7 Å². The van der Waals surface area contributed by atoms with Crippen LogP contribution in [0, 0.1) is 20.8 Å². The highest BCUT2D eigenvalue weighted by atomic mass is 35.5. The largest absolute Gasteiger partial charge is 0.326 e. The lowest BCUT2D eigenvalue weighted by molar-refractivity contribution is -0.115. The average molecular weight is 376 g/mol. The molecule has 0 bridgehead atoms. The molecule has 2 heterocycles. The van der Waals surface area contributed by atoms with E-state index in [-0.39, 0.29) is 12.3 Å². The van der Waals surface area contributed by atoms with Gasteiger partial charge in [0.25, 0.3) is 5.78 Å². The fraction of sp³-hybridized carbons (Fsp3) is 0.294. The van der Waals surface area contributed by atoms with Crippen LogP contribution in [0.3, 0.4) is 0 Å². The molecule has 0 unspecified atom stereocenters. The monoisotopic (exact) mass is 375 g/mol. The fourth-order valence-electron chi connectivity index (χ4n) is 2.62. The Hall–Kier alpha value is -2.12. The summed E-state index contributed by atoms with van der Waals surface area (Å²) in [6.45, 7) is 5.73. The third-order valence-corrected chi connectivity index (χ3v) is 4.80. The van der Waals surface area contributed by atoms with Crippen molar-refractivity contribution in [3.63, 3.8) is 0 Å². The molecule has 6 nitrogen and oxygen atoms in total. The minimum absolute atomic E-state index is 0.122. The molecule has 0 radical (unpaired) electrons. The molecule has 2 aromatic heterocycles. The maximum atomic E-state index is 12.5. The first-order valence-electron chi connectivity index (χ1n) is 7.72. The Bertz CT molecular complexity index is 969. The molecule has 1 aromatic carbocycles. The molecule has 0 aliphatic carbocycles. The molecular formula is C17H18ClN5OS. The van der Waals surface area contributed by atoms with Gasteiger partial charge in [-0.15, -0.1) is 5.10 Å². The van der Waals surface area contributed by atoms with Gasteiger partial charge in [-0.1, -0.05) is 29.4 Å². The number of anilines is 1. The van der Waals surface area contributed by atoms with Gasteiger partial charge in [0.15, 0.2) is 0 Å². The van der Waals surface area contributed by atoms with Crippen molar-refractivity contribution < 1.29 is 4.79 Å². The standard InChI is InChI=1S/C17H18ClN5OS/c1-9-5-6-12(18)7-14(9)20-15(24)8-13-10(2)19-16-21-17(25-4)22-23(16)11(13)3/h5-7H,8H2,1-4H3,(H,20,24). The van der Waals surface area contributed by atoms with Crippen molar-refractivity contribution in [3.05, 3.63) is 45.7 Å². The van der Waals surface area contributed by atoms with Crippen LogP contribution in [-0.2, 0) is 11.2 Å². The lowest BCUT2D eigenvalue weighted by Gasteiger charge is -2.12. The third kappa shape index (κ3) is 3.62. The highest BCUT2D eigenvalue weighted by Crippen LogP contribution is 2.21. The summed E-state index contributed by atoms with van der Waals surface area (Å²) < 4.78 is 1.69. The number of amides is 1. The van der Waals surface area contributed by atoms with Crippen molar-refractivity contribution in [1.29, 1.82) is 0 Å². The van der Waals surface area contributed by atoms with Crippen molar-refractivity contribution in [2.45, 2.75) is 32.3 Å². The van der Waals surface area contributed by atoms with Gasteiger partial charge in [-0.3, -0.25) is 4.79 Å². The number of aryl methyl sites for hydroxylation is 3. The first-order chi connectivity index (χ1) is 11.9. The van der Waals surface area contributed by atoms with Gasteiger partial charge in [0, 0.05) is 27.7 Å². The van der Waals surface area contributed by atoms with Gasteiger partial charge < -0.3 is 5.32 Å². The van der Waals surface area contributed by atoms with E-state index < -0.39 is 0 Å². The summed E-state index contributed by atoms with van der Waals surface area (Å²) in [5, 5.41) is 8.57. The fourth-order valence-corrected chi connectivity index (χ4v) is 3.12. The molecule has 8 heteroatoms. The Kier molecular flexibility index (Phi) is 4.96. The van der Waals surface area contributed by atoms with Gasteiger partial charge >= 0.3 is 0 Å². The Morgan fingerprint density at radius 1 is 1.28 bits per heavy atom. The summed E-state index contributed by atoms with van der Waals surface area (Å²) in [5.41, 5.74) is 4.17. The minimum atomic E-state index is -0.122. The predicted molar refractivity (Wildman–Crippen MR) is 101 cm³/mol. The van der Waals surface area contributed by atoms with E-state index in [4.69, 9.17) is 11.6 Å². The first-order valence-corrected chi connectivity index (χ1v) is 9.32. The van der Waals surface area contributed by atoms with Gasteiger partial charge in [0.1, 0.15) is 0 Å². The molecular weight excluding hydrogens is 358 g/mol. The SMILES string of the molecule is CSc1nc2nc(C)c(CC(=O)Nc3cc(Cl)ccc3C)c(C)n2n1. The number of fused-ring (bicyclic) bond motifs is 1. The lowest BCUT2D eigenvalue weighted by Crippen LogP contribution is -2.18. The number of nitrogens with one attached hydrogen (secondary N) is 1. The average Bonchev–Trinajstić information content (AvgIpc) is 2.98. The van der Waals surface area contributed by atoms with Crippen LogP contribution >= 0.6 is 23.4 Å². The molecule has 3 rings (SSSR count). The molecule has 1 N–H and O–H groups in total. The number of carbonyl (C=O) groups is 1. The van der Waals surface area contributed by atoms with Crippen molar-refractivity contribution >= 4 is 40.7 Å². The summed E-state index contributed by atoms with van der Waals surface area (Å²) in [6.07, 6.45) is 2.12. The quantitative estimate of drug-likeness (QED) is 0.705. The number of carbonyl (C=O) groups excluding carboxylic acids is 1. The second-order valence-electron chi connectivity index (χ2n) is 5.76. The summed E-state index contributed by atoms with van der Waals surface area (Å²) in [7, 11) is 0. The number of rotatable bonds is 4. The normalized spacial score (nSPS) is 11.1. The number of hydrogen-bond donors (Lipinski definition) is 1. The topological polar surface area (TPSA) is 72.2 Å². The van der Waals surface area contributed by atoms with Crippen molar-refractivity contribution in [2.75, 3.05) is 11.6 Å². The zero-order valence-corrected chi connectivity index (χ0v) is 16.0. The predicted octanol–water partition coefficient (Wildman–Crippen LogP) is 3.61. The molecule has 0 spiro atoms. The summed E-state index contributed by atoms with van der Waals surface area (Å²) in [5.74, 6) is 0.428. The molecule has 0 saturated carbocycles. The van der Waals surface area contributed by atoms with Crippen LogP contribution in [0.25, 0.3) is 5.78 Å². The molecule has 130 valence electrons. The van der Waals surface area contributed by atoms with Crippen molar-refractivity contribution in [2.24, 2.45) is 0 Å². The third-order valence-electron chi connectivity index (χ3n) is 4.02. The van der Waals surface area contributed by atoms with Gasteiger partial charge in [0.2, 0.25) is 11.1 Å². The zero-order valence-electron chi connectivity index (χ0n) is 14.4. The van der Waals surface area contributed by atoms with Gasteiger partial charge in [-0.25, -0.2) is 9.50 Å². The van der Waals surface area contributed by atoms with Gasteiger partial charge in [0.05, 0.1) is 6.42 Å². The number of aromatic nitrogens is 4. The van der Waals surface area contributed by atoms with Crippen LogP contribution in [-0.4, -0.2) is 31.7 Å². The Balaban J connectivity index is 1.89. The van der Waals surface area contributed by atoms with Crippen molar-refractivity contribution in [3.8, 4) is 0 Å². The van der Waals surface area contributed by atoms with E-state index in [0.29, 0.717) is 21.6 Å². The molecule has 25 heavy (non-hydrogen) atoms. The second kappa shape index (κ2) is 7.01. The van der Waals surface area contributed by atoms with E-state index >= 15 is 0 Å².